The zero-order valence-corrected chi connectivity index (χ0v) is 13.5. The van der Waals surface area contributed by atoms with Crippen molar-refractivity contribution in [1.29, 1.82) is 0 Å². The fourth-order valence-corrected chi connectivity index (χ4v) is 2.75. The normalized spacial score (nSPS) is 10.6. The number of rotatable bonds is 2. The number of hydrogen-bond acceptors (Lipinski definition) is 4. The quantitative estimate of drug-likeness (QED) is 0.634. The lowest BCUT2D eigenvalue weighted by Gasteiger charge is -2.17. The molecule has 0 saturated heterocycles. The lowest BCUT2D eigenvalue weighted by atomic mass is 10.0. The van der Waals surface area contributed by atoms with Crippen LogP contribution in [0, 0.1) is 10.2 Å². The molecule has 118 valence electrons. The Labute approximate surface area is 140 Å². The van der Waals surface area contributed by atoms with Crippen molar-refractivity contribution < 1.29 is 28.9 Å². The van der Waals surface area contributed by atoms with Gasteiger partial charge < -0.3 is 0 Å². The molecule has 2 aromatic carbocycles. The summed E-state index contributed by atoms with van der Waals surface area (Å²) in [6.07, 6.45) is 0. The predicted molar refractivity (Wildman–Crippen MR) is 79.6 cm³/mol. The molecule has 3 rings (SSSR count). The average molecular weight is 349 g/mol. The van der Waals surface area contributed by atoms with Gasteiger partial charge in [0.25, 0.3) is 0 Å². The molecule has 0 amide bonds. The lowest BCUT2D eigenvalue weighted by molar-refractivity contribution is -2.00. The van der Waals surface area contributed by atoms with E-state index in [1.807, 2.05) is 12.1 Å². The molecule has 1 aromatic heterocycles. The molecule has 0 fully saturated rings. The highest BCUT2D eigenvalue weighted by Crippen LogP contribution is 2.27. The van der Waals surface area contributed by atoms with Crippen LogP contribution in [0.5, 0.6) is 0 Å². The van der Waals surface area contributed by atoms with E-state index in [-0.39, 0.29) is 0 Å². The van der Waals surface area contributed by atoms with Crippen molar-refractivity contribution in [2.45, 2.75) is 0 Å². The highest BCUT2D eigenvalue weighted by Gasteiger charge is 2.07. The molecule has 0 unspecified atom stereocenters. The van der Waals surface area contributed by atoms with Crippen LogP contribution in [0.3, 0.4) is 0 Å². The first kappa shape index (κ1) is 17.5. The van der Waals surface area contributed by atoms with Gasteiger partial charge in [0.15, 0.2) is 0 Å². The van der Waals surface area contributed by atoms with Gasteiger partial charge in [-0.3, -0.25) is 0 Å². The molecule has 4 nitrogen and oxygen atoms in total. The molecule has 0 radical (unpaired) electrons. The van der Waals surface area contributed by atoms with E-state index in [4.69, 9.17) is 18.6 Å². The largest absolute Gasteiger partial charge is 0.222 e. The Bertz CT molecular complexity index is 670. The van der Waals surface area contributed by atoms with Crippen molar-refractivity contribution >= 4 is 11.3 Å². The molecular formula is C17H13ClO4S. The summed E-state index contributed by atoms with van der Waals surface area (Å²) in [5.74, 6) is 0. The maximum Gasteiger partial charge on any atom is 0.212 e. The Hall–Kier alpha value is -1.86. The van der Waals surface area contributed by atoms with Crippen molar-refractivity contribution in [1.82, 2.24) is 0 Å². The summed E-state index contributed by atoms with van der Waals surface area (Å²) >= 11 is 1.75. The standard InChI is InChI=1S/C17H13S.ClHO4/c1-3-7-14(8-4-1)16-11-17(13-18-12-16)15-9-5-2-6-10-15;2-1(3,4)5/h1-13H;(H,2,3,4,5)/q+1;/p-1. The highest BCUT2D eigenvalue weighted by molar-refractivity contribution is 7.08. The fraction of sp³-hybridized carbons (Fsp3) is 0. The van der Waals surface area contributed by atoms with Crippen molar-refractivity contribution in [2.75, 3.05) is 0 Å². The van der Waals surface area contributed by atoms with E-state index in [1.54, 1.807) is 11.3 Å². The second kappa shape index (κ2) is 8.12. The van der Waals surface area contributed by atoms with Crippen LogP contribution in [-0.2, 0) is 0 Å². The van der Waals surface area contributed by atoms with Gasteiger partial charge in [-0.05, 0) is 17.2 Å². The Balaban J connectivity index is 0.000000338. The Morgan fingerprint density at radius 1 is 0.565 bits per heavy atom. The molecule has 0 bridgehead atoms. The van der Waals surface area contributed by atoms with Crippen molar-refractivity contribution in [3.63, 3.8) is 0 Å². The Morgan fingerprint density at radius 3 is 1.26 bits per heavy atom. The molecule has 0 saturated carbocycles. The third-order valence-electron chi connectivity index (χ3n) is 2.92. The maximum atomic E-state index is 8.49. The van der Waals surface area contributed by atoms with Crippen molar-refractivity contribution in [3.05, 3.63) is 77.5 Å². The van der Waals surface area contributed by atoms with Gasteiger partial charge in [0, 0.05) is 11.1 Å². The van der Waals surface area contributed by atoms with E-state index in [0.29, 0.717) is 0 Å². The third kappa shape index (κ3) is 6.42. The number of halogens is 1. The highest BCUT2D eigenvalue weighted by atomic mass is 35.7. The topological polar surface area (TPSA) is 92.2 Å². The Morgan fingerprint density at radius 2 is 0.913 bits per heavy atom. The van der Waals surface area contributed by atoms with E-state index in [0.717, 1.165) is 0 Å². The number of benzene rings is 2. The molecule has 0 N–H and O–H groups in total. The second-order valence-corrected chi connectivity index (χ2v) is 6.04. The van der Waals surface area contributed by atoms with Gasteiger partial charge in [-0.25, -0.2) is 18.6 Å². The summed E-state index contributed by atoms with van der Waals surface area (Å²) in [6.45, 7) is 0. The van der Waals surface area contributed by atoms with Gasteiger partial charge >= 0.3 is 0 Å². The average Bonchev–Trinajstić information content (AvgIpc) is 2.55. The summed E-state index contributed by atoms with van der Waals surface area (Å²) in [7, 11) is -4.94. The first-order chi connectivity index (χ1) is 10.9. The second-order valence-electron chi connectivity index (χ2n) is 4.54. The zero-order chi connectivity index (χ0) is 16.7. The van der Waals surface area contributed by atoms with Gasteiger partial charge in [-0.15, -0.1) is 10.2 Å². The smallest absolute Gasteiger partial charge is 0.212 e. The molecule has 0 spiro atoms. The minimum atomic E-state index is -4.94. The van der Waals surface area contributed by atoms with E-state index >= 15 is 0 Å². The van der Waals surface area contributed by atoms with Crippen LogP contribution in [0.15, 0.2) is 77.5 Å². The molecular weight excluding hydrogens is 336 g/mol. The molecule has 23 heavy (non-hydrogen) atoms. The molecule has 0 aliphatic rings. The van der Waals surface area contributed by atoms with Crippen LogP contribution in [0.1, 0.15) is 0 Å². The summed E-state index contributed by atoms with van der Waals surface area (Å²) in [6, 6.07) is 23.3. The molecule has 0 aliphatic carbocycles. The predicted octanol–water partition coefficient (Wildman–Crippen LogP) is 0.607. The van der Waals surface area contributed by atoms with Gasteiger partial charge in [-0.2, -0.15) is 0 Å². The minimum Gasteiger partial charge on any atom is -0.222 e. The van der Waals surface area contributed by atoms with Crippen LogP contribution >= 0.6 is 11.3 Å². The summed E-state index contributed by atoms with van der Waals surface area (Å²) in [5.41, 5.74) is 5.10. The summed E-state index contributed by atoms with van der Waals surface area (Å²) in [4.78, 5) is 0. The lowest BCUT2D eigenvalue weighted by Crippen LogP contribution is -2.68. The van der Waals surface area contributed by atoms with E-state index in [2.05, 4.69) is 65.4 Å². The zero-order valence-electron chi connectivity index (χ0n) is 11.9. The van der Waals surface area contributed by atoms with E-state index in [1.165, 1.54) is 22.3 Å². The monoisotopic (exact) mass is 348 g/mol. The van der Waals surface area contributed by atoms with Gasteiger partial charge in [0.05, 0.1) is 0 Å². The first-order valence-corrected chi connectivity index (χ1v) is 8.74. The van der Waals surface area contributed by atoms with Gasteiger partial charge in [-0.1, -0.05) is 60.7 Å². The van der Waals surface area contributed by atoms with E-state index in [9.17, 15) is 0 Å². The summed E-state index contributed by atoms with van der Waals surface area (Å²) < 4.78 is 34.0. The van der Waals surface area contributed by atoms with Crippen LogP contribution in [0.4, 0.5) is 0 Å². The maximum absolute atomic E-state index is 8.49. The van der Waals surface area contributed by atoms with E-state index < -0.39 is 10.2 Å². The van der Waals surface area contributed by atoms with Crippen molar-refractivity contribution in [2.24, 2.45) is 0 Å². The SMILES string of the molecule is [O-][Cl+3]([O-])([O-])[O-].c1ccc(-c2c[s+]cc(-c3ccccc3)c2)cc1. The third-order valence-corrected chi connectivity index (χ3v) is 3.70. The molecule has 3 aromatic rings. The van der Waals surface area contributed by atoms with Crippen LogP contribution in [0.2, 0.25) is 0 Å². The van der Waals surface area contributed by atoms with Crippen LogP contribution in [0.25, 0.3) is 22.3 Å². The molecule has 6 heteroatoms. The fourth-order valence-electron chi connectivity index (χ4n) is 1.98. The van der Waals surface area contributed by atoms with Crippen molar-refractivity contribution in [3.8, 4) is 22.3 Å². The van der Waals surface area contributed by atoms with Crippen LogP contribution in [-0.4, -0.2) is 0 Å². The Kier molecular flexibility index (Phi) is 6.18. The molecule has 0 aliphatic heterocycles. The molecule has 0 atom stereocenters. The minimum absolute atomic E-state index is 1.27. The van der Waals surface area contributed by atoms with Crippen LogP contribution < -0.4 is 18.6 Å². The first-order valence-electron chi connectivity index (χ1n) is 6.56. The summed E-state index contributed by atoms with van der Waals surface area (Å²) in [5, 5.41) is 4.39. The molecule has 1 heterocycles. The van der Waals surface area contributed by atoms with Gasteiger partial charge in [0.1, 0.15) is 0 Å². The number of hydrogen-bond donors (Lipinski definition) is 0. The van der Waals surface area contributed by atoms with Gasteiger partial charge in [0.2, 0.25) is 22.1 Å².